The lowest BCUT2D eigenvalue weighted by molar-refractivity contribution is -0.385. The highest BCUT2D eigenvalue weighted by Gasteiger charge is 2.16. The maximum atomic E-state index is 12.8. The van der Waals surface area contributed by atoms with E-state index >= 15 is 0 Å². The van der Waals surface area contributed by atoms with Crippen molar-refractivity contribution in [3.8, 4) is 17.2 Å². The molecule has 0 saturated heterocycles. The van der Waals surface area contributed by atoms with Crippen LogP contribution in [0.1, 0.15) is 26.3 Å². The van der Waals surface area contributed by atoms with Gasteiger partial charge in [-0.25, -0.2) is 15.0 Å². The molecule has 0 atom stereocenters. The van der Waals surface area contributed by atoms with E-state index in [0.29, 0.717) is 10.0 Å². The molecule has 212 valence electrons. The van der Waals surface area contributed by atoms with E-state index in [1.54, 1.807) is 0 Å². The summed E-state index contributed by atoms with van der Waals surface area (Å²) in [6, 6.07) is 21.9. The number of esters is 2. The molecule has 0 spiro atoms. The van der Waals surface area contributed by atoms with E-state index in [2.05, 4.69) is 10.5 Å². The molecule has 4 aromatic rings. The summed E-state index contributed by atoms with van der Waals surface area (Å²) in [5, 5.41) is 15.8. The molecule has 0 heterocycles. The van der Waals surface area contributed by atoms with Crippen LogP contribution in [-0.4, -0.2) is 35.6 Å². The van der Waals surface area contributed by atoms with Gasteiger partial charge in [-0.15, -0.1) is 0 Å². The van der Waals surface area contributed by atoms with Crippen LogP contribution in [0.25, 0.3) is 0 Å². The summed E-state index contributed by atoms with van der Waals surface area (Å²) >= 11 is 11.8. The van der Waals surface area contributed by atoms with Crippen LogP contribution in [0.15, 0.2) is 96.1 Å². The van der Waals surface area contributed by atoms with E-state index in [4.69, 9.17) is 37.4 Å². The molecule has 0 fully saturated rings. The van der Waals surface area contributed by atoms with Crippen LogP contribution in [0.3, 0.4) is 0 Å². The molecule has 13 heteroatoms. The number of halogens is 2. The molecule has 0 saturated carbocycles. The fourth-order valence-corrected chi connectivity index (χ4v) is 3.60. The number of nitrogens with one attached hydrogen (secondary N) is 1. The maximum absolute atomic E-state index is 12.8. The van der Waals surface area contributed by atoms with Gasteiger partial charge in [-0.3, -0.25) is 14.9 Å². The number of amides is 1. The highest BCUT2D eigenvalue weighted by Crippen LogP contribution is 2.27. The van der Waals surface area contributed by atoms with Crippen LogP contribution in [0.2, 0.25) is 10.0 Å². The second-order valence-corrected chi connectivity index (χ2v) is 9.17. The first kappa shape index (κ1) is 29.7. The molecule has 1 amide bonds. The van der Waals surface area contributed by atoms with E-state index in [1.807, 2.05) is 0 Å². The average molecular weight is 608 g/mol. The number of nitro benzene ring substituents is 1. The van der Waals surface area contributed by atoms with Crippen molar-refractivity contribution < 1.29 is 33.5 Å². The third-order valence-electron chi connectivity index (χ3n) is 5.37. The van der Waals surface area contributed by atoms with Crippen LogP contribution in [-0.2, 0) is 4.79 Å². The van der Waals surface area contributed by atoms with Crippen LogP contribution in [0, 0.1) is 10.1 Å². The summed E-state index contributed by atoms with van der Waals surface area (Å²) in [6.45, 7) is -0.555. The van der Waals surface area contributed by atoms with Crippen molar-refractivity contribution in [2.45, 2.75) is 0 Å². The molecule has 0 aliphatic carbocycles. The minimum atomic E-state index is -0.732. The second kappa shape index (κ2) is 13.9. The number of nitro groups is 1. The Kier molecular flexibility index (Phi) is 9.82. The van der Waals surface area contributed by atoms with Crippen molar-refractivity contribution >= 4 is 52.9 Å². The van der Waals surface area contributed by atoms with Crippen molar-refractivity contribution in [2.75, 3.05) is 6.61 Å². The fraction of sp³-hybridized carbons (Fsp3) is 0.0345. The standard InChI is InChI=1S/C29H19Cl2N3O8/c30-21-10-5-18(6-11-21)28(36)41-23-14-9-20(26(15-23)42-29(37)19-7-12-22(31)13-8-19)16-32-33-27(35)17-40-25-4-2-1-3-24(25)34(38)39/h1-16H,17H2,(H,33,35)/b32-16+. The van der Waals surface area contributed by atoms with E-state index < -0.39 is 29.4 Å². The number of nitrogens with zero attached hydrogens (tertiary/aromatic N) is 2. The van der Waals surface area contributed by atoms with Crippen LogP contribution in [0.4, 0.5) is 5.69 Å². The van der Waals surface area contributed by atoms with Crippen LogP contribution < -0.4 is 19.6 Å². The molecule has 0 aliphatic heterocycles. The van der Waals surface area contributed by atoms with Gasteiger partial charge in [0.15, 0.2) is 12.4 Å². The minimum absolute atomic E-state index is 0.0366. The Bertz CT molecular complexity index is 1660. The highest BCUT2D eigenvalue weighted by atomic mass is 35.5. The van der Waals surface area contributed by atoms with Gasteiger partial charge in [0.2, 0.25) is 0 Å². The van der Waals surface area contributed by atoms with Gasteiger partial charge >= 0.3 is 17.6 Å². The summed E-state index contributed by atoms with van der Waals surface area (Å²) in [5.41, 5.74) is 2.62. The number of benzene rings is 4. The van der Waals surface area contributed by atoms with Gasteiger partial charge in [0.05, 0.1) is 22.3 Å². The monoisotopic (exact) mass is 607 g/mol. The Morgan fingerprint density at radius 1 is 0.810 bits per heavy atom. The van der Waals surface area contributed by atoms with Gasteiger partial charge in [0, 0.05) is 27.7 Å². The third kappa shape index (κ3) is 8.13. The summed E-state index contributed by atoms with van der Waals surface area (Å²) in [5.74, 6) is -2.17. The number of carbonyl (C=O) groups excluding carboxylic acids is 3. The topological polar surface area (TPSA) is 146 Å². The molecular weight excluding hydrogens is 589 g/mol. The zero-order chi connectivity index (χ0) is 30.1. The predicted octanol–water partition coefficient (Wildman–Crippen LogP) is 5.87. The van der Waals surface area contributed by atoms with E-state index in [1.165, 1.54) is 97.2 Å². The number of hydrogen-bond acceptors (Lipinski definition) is 9. The Balaban J connectivity index is 1.49. The smallest absolute Gasteiger partial charge is 0.343 e. The lowest BCUT2D eigenvalue weighted by atomic mass is 10.2. The van der Waals surface area contributed by atoms with Crippen molar-refractivity contribution in [1.29, 1.82) is 0 Å². The van der Waals surface area contributed by atoms with Gasteiger partial charge in [-0.05, 0) is 66.7 Å². The Labute approximate surface area is 248 Å². The minimum Gasteiger partial charge on any atom is -0.477 e. The van der Waals surface area contributed by atoms with Gasteiger partial charge in [-0.1, -0.05) is 35.3 Å². The van der Waals surface area contributed by atoms with Gasteiger partial charge in [-0.2, -0.15) is 5.10 Å². The zero-order valence-electron chi connectivity index (χ0n) is 21.4. The van der Waals surface area contributed by atoms with Gasteiger partial charge in [0.1, 0.15) is 11.5 Å². The quantitative estimate of drug-likeness (QED) is 0.0774. The summed E-state index contributed by atoms with van der Waals surface area (Å²) in [6.07, 6.45) is 1.19. The van der Waals surface area contributed by atoms with Gasteiger partial charge in [0.25, 0.3) is 5.91 Å². The van der Waals surface area contributed by atoms with Gasteiger partial charge < -0.3 is 14.2 Å². The Morgan fingerprint density at radius 2 is 1.40 bits per heavy atom. The molecule has 0 radical (unpaired) electrons. The number of hydrazone groups is 1. The lowest BCUT2D eigenvalue weighted by Gasteiger charge is -2.11. The molecule has 4 rings (SSSR count). The maximum Gasteiger partial charge on any atom is 0.343 e. The Hall–Kier alpha value is -5.26. The van der Waals surface area contributed by atoms with E-state index in [-0.39, 0.29) is 39.6 Å². The van der Waals surface area contributed by atoms with Crippen LogP contribution >= 0.6 is 23.2 Å². The third-order valence-corrected chi connectivity index (χ3v) is 5.88. The molecular formula is C29H19Cl2N3O8. The number of rotatable bonds is 10. The van der Waals surface area contributed by atoms with Crippen molar-refractivity contribution in [3.05, 3.63) is 128 Å². The predicted molar refractivity (Wildman–Crippen MR) is 154 cm³/mol. The first-order chi connectivity index (χ1) is 20.2. The lowest BCUT2D eigenvalue weighted by Crippen LogP contribution is -2.24. The largest absolute Gasteiger partial charge is 0.477 e. The average Bonchev–Trinajstić information content (AvgIpc) is 2.98. The van der Waals surface area contributed by atoms with E-state index in [0.717, 1.165) is 0 Å². The normalized spacial score (nSPS) is 10.6. The number of carbonyl (C=O) groups is 3. The second-order valence-electron chi connectivity index (χ2n) is 8.30. The molecule has 0 aromatic heterocycles. The van der Waals surface area contributed by atoms with Crippen molar-refractivity contribution in [2.24, 2.45) is 5.10 Å². The molecule has 4 aromatic carbocycles. The fourth-order valence-electron chi connectivity index (χ4n) is 3.35. The molecule has 1 N–H and O–H groups in total. The summed E-state index contributed by atoms with van der Waals surface area (Å²) in [7, 11) is 0. The summed E-state index contributed by atoms with van der Waals surface area (Å²) in [4.78, 5) is 48.0. The summed E-state index contributed by atoms with van der Waals surface area (Å²) < 4.78 is 16.2. The van der Waals surface area contributed by atoms with Crippen molar-refractivity contribution in [3.63, 3.8) is 0 Å². The van der Waals surface area contributed by atoms with Crippen molar-refractivity contribution in [1.82, 2.24) is 5.43 Å². The molecule has 0 unspecified atom stereocenters. The van der Waals surface area contributed by atoms with Crippen LogP contribution in [0.5, 0.6) is 17.2 Å². The molecule has 0 bridgehead atoms. The first-order valence-corrected chi connectivity index (χ1v) is 12.7. The highest BCUT2D eigenvalue weighted by molar-refractivity contribution is 6.31. The first-order valence-electron chi connectivity index (χ1n) is 12.0. The molecule has 42 heavy (non-hydrogen) atoms. The number of para-hydroxylation sites is 2. The zero-order valence-corrected chi connectivity index (χ0v) is 22.9. The molecule has 11 nitrogen and oxygen atoms in total. The SMILES string of the molecule is O=C(COc1ccccc1[N+](=O)[O-])N/N=C/c1ccc(OC(=O)c2ccc(Cl)cc2)cc1OC(=O)c1ccc(Cl)cc1. The molecule has 0 aliphatic rings. The van der Waals surface area contributed by atoms with E-state index in [9.17, 15) is 24.5 Å². The number of ether oxygens (including phenoxy) is 3. The number of hydrogen-bond donors (Lipinski definition) is 1. The Morgan fingerprint density at radius 3 is 2.02 bits per heavy atom.